The first kappa shape index (κ1) is 10.9. The fourth-order valence-electron chi connectivity index (χ4n) is 3.13. The standard InChI is InChI=1S/C16H21N/c1-10(2)12-5-7-16-14(9-12)13-8-11(3)4-6-15(13)17-16/h4,6,8,10,12,17H,5,7,9H2,1-3H3. The van der Waals surface area contributed by atoms with Crippen molar-refractivity contribution in [2.45, 2.75) is 40.0 Å². The Kier molecular flexibility index (Phi) is 2.50. The van der Waals surface area contributed by atoms with Gasteiger partial charge in [-0.05, 0) is 55.7 Å². The number of aryl methyl sites for hydroxylation is 2. The van der Waals surface area contributed by atoms with Crippen molar-refractivity contribution in [1.29, 1.82) is 0 Å². The summed E-state index contributed by atoms with van der Waals surface area (Å²) in [6, 6.07) is 6.77. The Hall–Kier alpha value is -1.24. The number of aromatic nitrogens is 1. The highest BCUT2D eigenvalue weighted by molar-refractivity contribution is 5.85. The van der Waals surface area contributed by atoms with Crippen LogP contribution >= 0.6 is 0 Å². The summed E-state index contributed by atoms with van der Waals surface area (Å²) in [5, 5.41) is 1.46. The van der Waals surface area contributed by atoms with Crippen LogP contribution in [0.4, 0.5) is 0 Å². The van der Waals surface area contributed by atoms with Crippen molar-refractivity contribution in [2.75, 3.05) is 0 Å². The van der Waals surface area contributed by atoms with E-state index in [4.69, 9.17) is 0 Å². The molecule has 0 spiro atoms. The van der Waals surface area contributed by atoms with Gasteiger partial charge in [-0.2, -0.15) is 0 Å². The minimum atomic E-state index is 0.804. The van der Waals surface area contributed by atoms with Crippen LogP contribution in [-0.2, 0) is 12.8 Å². The zero-order chi connectivity index (χ0) is 12.0. The van der Waals surface area contributed by atoms with E-state index >= 15 is 0 Å². The molecule has 1 heteroatoms. The van der Waals surface area contributed by atoms with Gasteiger partial charge < -0.3 is 4.98 Å². The molecule has 1 aliphatic rings. The van der Waals surface area contributed by atoms with Gasteiger partial charge in [-0.15, -0.1) is 0 Å². The maximum Gasteiger partial charge on any atom is 0.0459 e. The molecule has 1 nitrogen and oxygen atoms in total. The molecule has 0 fully saturated rings. The Balaban J connectivity index is 2.10. The van der Waals surface area contributed by atoms with Crippen molar-refractivity contribution in [1.82, 2.24) is 4.98 Å². The lowest BCUT2D eigenvalue weighted by molar-refractivity contribution is 0.342. The minimum absolute atomic E-state index is 0.804. The van der Waals surface area contributed by atoms with Gasteiger partial charge in [0.2, 0.25) is 0 Å². The topological polar surface area (TPSA) is 15.8 Å². The predicted molar refractivity (Wildman–Crippen MR) is 73.4 cm³/mol. The highest BCUT2D eigenvalue weighted by Gasteiger charge is 2.24. The first-order valence-corrected chi connectivity index (χ1v) is 6.75. The number of aromatic amines is 1. The van der Waals surface area contributed by atoms with Gasteiger partial charge in [0.05, 0.1) is 0 Å². The van der Waals surface area contributed by atoms with Crippen molar-refractivity contribution in [2.24, 2.45) is 11.8 Å². The molecule has 3 rings (SSSR count). The molecular weight excluding hydrogens is 206 g/mol. The third-order valence-corrected chi connectivity index (χ3v) is 4.32. The van der Waals surface area contributed by atoms with Gasteiger partial charge >= 0.3 is 0 Å². The largest absolute Gasteiger partial charge is 0.358 e. The fraction of sp³-hybridized carbons (Fsp3) is 0.500. The van der Waals surface area contributed by atoms with Crippen LogP contribution in [0.1, 0.15) is 37.1 Å². The SMILES string of the molecule is Cc1ccc2[nH]c3c(c2c1)CC(C(C)C)CC3. The molecule has 0 aliphatic heterocycles. The van der Waals surface area contributed by atoms with Gasteiger partial charge in [0.25, 0.3) is 0 Å². The molecule has 1 heterocycles. The number of benzene rings is 1. The second kappa shape index (κ2) is 3.90. The molecule has 0 radical (unpaired) electrons. The molecule has 1 unspecified atom stereocenters. The smallest absolute Gasteiger partial charge is 0.0459 e. The lowest BCUT2D eigenvalue weighted by Gasteiger charge is -2.25. The van der Waals surface area contributed by atoms with Crippen LogP contribution in [0.3, 0.4) is 0 Å². The number of hydrogen-bond acceptors (Lipinski definition) is 0. The van der Waals surface area contributed by atoms with E-state index in [-0.39, 0.29) is 0 Å². The molecule has 17 heavy (non-hydrogen) atoms. The van der Waals surface area contributed by atoms with Gasteiger partial charge in [-0.3, -0.25) is 0 Å². The Morgan fingerprint density at radius 3 is 2.88 bits per heavy atom. The summed E-state index contributed by atoms with van der Waals surface area (Å²) < 4.78 is 0. The highest BCUT2D eigenvalue weighted by Crippen LogP contribution is 2.34. The molecular formula is C16H21N. The van der Waals surface area contributed by atoms with Crippen LogP contribution in [0.15, 0.2) is 18.2 Å². The van der Waals surface area contributed by atoms with Crippen LogP contribution in [0.5, 0.6) is 0 Å². The monoisotopic (exact) mass is 227 g/mol. The fourth-order valence-corrected chi connectivity index (χ4v) is 3.13. The van der Waals surface area contributed by atoms with Crippen molar-refractivity contribution in [3.8, 4) is 0 Å². The number of rotatable bonds is 1. The molecule has 1 aromatic carbocycles. The van der Waals surface area contributed by atoms with Gasteiger partial charge in [0.15, 0.2) is 0 Å². The molecule has 1 atom stereocenters. The van der Waals surface area contributed by atoms with E-state index in [0.29, 0.717) is 0 Å². The first-order chi connectivity index (χ1) is 8.15. The van der Waals surface area contributed by atoms with Crippen LogP contribution in [0.2, 0.25) is 0 Å². The number of hydrogen-bond donors (Lipinski definition) is 1. The van der Waals surface area contributed by atoms with Crippen molar-refractivity contribution >= 4 is 10.9 Å². The van der Waals surface area contributed by atoms with Gasteiger partial charge in [-0.1, -0.05) is 25.5 Å². The van der Waals surface area contributed by atoms with Crippen LogP contribution in [0.25, 0.3) is 10.9 Å². The number of H-pyrrole nitrogens is 1. The third-order valence-electron chi connectivity index (χ3n) is 4.32. The molecule has 2 aromatic rings. The number of nitrogens with one attached hydrogen (secondary N) is 1. The molecule has 0 saturated heterocycles. The lowest BCUT2D eigenvalue weighted by Crippen LogP contribution is -2.18. The summed E-state index contributed by atoms with van der Waals surface area (Å²) in [5.74, 6) is 1.67. The van der Waals surface area contributed by atoms with E-state index in [1.54, 1.807) is 5.56 Å². The zero-order valence-electron chi connectivity index (χ0n) is 11.0. The summed E-state index contributed by atoms with van der Waals surface area (Å²) >= 11 is 0. The molecule has 1 aromatic heterocycles. The highest BCUT2D eigenvalue weighted by atomic mass is 14.7. The quantitative estimate of drug-likeness (QED) is 0.750. The second-order valence-electron chi connectivity index (χ2n) is 5.88. The van der Waals surface area contributed by atoms with E-state index < -0.39 is 0 Å². The molecule has 0 bridgehead atoms. The van der Waals surface area contributed by atoms with Crippen LogP contribution in [-0.4, -0.2) is 4.98 Å². The van der Waals surface area contributed by atoms with Crippen molar-refractivity contribution in [3.05, 3.63) is 35.0 Å². The normalized spacial score (nSPS) is 19.9. The van der Waals surface area contributed by atoms with E-state index in [1.807, 2.05) is 0 Å². The van der Waals surface area contributed by atoms with Crippen LogP contribution < -0.4 is 0 Å². The Bertz CT molecular complexity index is 548. The summed E-state index contributed by atoms with van der Waals surface area (Å²) in [4.78, 5) is 3.60. The molecule has 0 saturated carbocycles. The summed E-state index contributed by atoms with van der Waals surface area (Å²) in [6.07, 6.45) is 3.83. The number of fused-ring (bicyclic) bond motifs is 3. The average molecular weight is 227 g/mol. The zero-order valence-corrected chi connectivity index (χ0v) is 11.0. The minimum Gasteiger partial charge on any atom is -0.358 e. The Morgan fingerprint density at radius 2 is 2.12 bits per heavy atom. The van der Waals surface area contributed by atoms with Crippen molar-refractivity contribution in [3.63, 3.8) is 0 Å². The molecule has 90 valence electrons. The van der Waals surface area contributed by atoms with Gasteiger partial charge in [0.1, 0.15) is 0 Å². The average Bonchev–Trinajstić information content (AvgIpc) is 2.66. The summed E-state index contributed by atoms with van der Waals surface area (Å²) in [6.45, 7) is 6.90. The summed E-state index contributed by atoms with van der Waals surface area (Å²) in [5.41, 5.74) is 5.77. The molecule has 0 amide bonds. The van der Waals surface area contributed by atoms with Crippen molar-refractivity contribution < 1.29 is 0 Å². The summed E-state index contributed by atoms with van der Waals surface area (Å²) in [7, 11) is 0. The molecule has 1 aliphatic carbocycles. The van der Waals surface area contributed by atoms with E-state index in [2.05, 4.69) is 44.0 Å². The van der Waals surface area contributed by atoms with Gasteiger partial charge in [0, 0.05) is 16.6 Å². The predicted octanol–water partition coefficient (Wildman–Crippen LogP) is 4.24. The molecule has 1 N–H and O–H groups in total. The van der Waals surface area contributed by atoms with E-state index in [9.17, 15) is 0 Å². The Labute approximate surface area is 103 Å². The first-order valence-electron chi connectivity index (χ1n) is 6.75. The maximum atomic E-state index is 3.60. The van der Waals surface area contributed by atoms with E-state index in [0.717, 1.165) is 11.8 Å². The van der Waals surface area contributed by atoms with Gasteiger partial charge in [-0.25, -0.2) is 0 Å². The van der Waals surface area contributed by atoms with Crippen LogP contribution in [0, 0.1) is 18.8 Å². The Morgan fingerprint density at radius 1 is 1.29 bits per heavy atom. The van der Waals surface area contributed by atoms with E-state index in [1.165, 1.54) is 41.4 Å². The second-order valence-corrected chi connectivity index (χ2v) is 5.88. The maximum absolute atomic E-state index is 3.60. The lowest BCUT2D eigenvalue weighted by atomic mass is 9.80. The third kappa shape index (κ3) is 1.78.